The lowest BCUT2D eigenvalue weighted by atomic mass is 10.1. The van der Waals surface area contributed by atoms with Gasteiger partial charge in [0.2, 0.25) is 5.91 Å². The van der Waals surface area contributed by atoms with Gasteiger partial charge in [0.1, 0.15) is 0 Å². The molecule has 2 N–H and O–H groups in total. The van der Waals surface area contributed by atoms with Crippen LogP contribution in [0.2, 0.25) is 0 Å². The smallest absolute Gasteiger partial charge is 0.221 e. The number of amides is 1. The molecule has 0 bridgehead atoms. The quantitative estimate of drug-likeness (QED) is 0.894. The highest BCUT2D eigenvalue weighted by Gasteiger charge is 2.17. The van der Waals surface area contributed by atoms with Crippen molar-refractivity contribution in [2.75, 3.05) is 6.54 Å². The molecular formula is C13H17BrN2O. The Morgan fingerprint density at radius 1 is 1.47 bits per heavy atom. The first kappa shape index (κ1) is 12.6. The average molecular weight is 297 g/mol. The molecule has 0 saturated carbocycles. The molecule has 1 aromatic rings. The van der Waals surface area contributed by atoms with Crippen LogP contribution in [0.5, 0.6) is 0 Å². The van der Waals surface area contributed by atoms with Crippen LogP contribution in [0, 0.1) is 0 Å². The van der Waals surface area contributed by atoms with E-state index in [4.69, 9.17) is 0 Å². The van der Waals surface area contributed by atoms with Crippen LogP contribution >= 0.6 is 15.9 Å². The monoisotopic (exact) mass is 296 g/mol. The topological polar surface area (TPSA) is 41.1 Å². The fourth-order valence-corrected chi connectivity index (χ4v) is 2.49. The Hall–Kier alpha value is -0.870. The third-order valence-electron chi connectivity index (χ3n) is 3.03. The molecule has 1 heterocycles. The van der Waals surface area contributed by atoms with Crippen molar-refractivity contribution in [2.24, 2.45) is 0 Å². The maximum Gasteiger partial charge on any atom is 0.221 e. The molecule has 17 heavy (non-hydrogen) atoms. The van der Waals surface area contributed by atoms with E-state index in [0.717, 1.165) is 23.0 Å². The molecule has 1 aliphatic rings. The van der Waals surface area contributed by atoms with Crippen LogP contribution in [0.25, 0.3) is 0 Å². The summed E-state index contributed by atoms with van der Waals surface area (Å²) in [6.07, 6.45) is 2.88. The number of halogens is 1. The van der Waals surface area contributed by atoms with Crippen molar-refractivity contribution in [1.82, 2.24) is 10.6 Å². The highest BCUT2D eigenvalue weighted by molar-refractivity contribution is 9.10. The van der Waals surface area contributed by atoms with Crippen molar-refractivity contribution in [3.05, 3.63) is 34.3 Å². The van der Waals surface area contributed by atoms with Gasteiger partial charge in [0.25, 0.3) is 0 Å². The van der Waals surface area contributed by atoms with E-state index in [1.807, 2.05) is 24.3 Å². The zero-order chi connectivity index (χ0) is 12.1. The van der Waals surface area contributed by atoms with Crippen molar-refractivity contribution in [1.29, 1.82) is 0 Å². The summed E-state index contributed by atoms with van der Waals surface area (Å²) in [7, 11) is 0. The molecule has 1 fully saturated rings. The Kier molecular flexibility index (Phi) is 4.57. The minimum Gasteiger partial charge on any atom is -0.352 e. The van der Waals surface area contributed by atoms with E-state index in [2.05, 4.69) is 26.6 Å². The van der Waals surface area contributed by atoms with Crippen molar-refractivity contribution in [2.45, 2.75) is 31.8 Å². The fourth-order valence-electron chi connectivity index (χ4n) is 2.06. The van der Waals surface area contributed by atoms with Crippen molar-refractivity contribution in [3.8, 4) is 0 Å². The number of rotatable bonds is 4. The van der Waals surface area contributed by atoms with E-state index in [0.29, 0.717) is 19.0 Å². The number of hydrogen-bond acceptors (Lipinski definition) is 2. The van der Waals surface area contributed by atoms with E-state index in [1.165, 1.54) is 6.42 Å². The zero-order valence-corrected chi connectivity index (χ0v) is 11.3. The summed E-state index contributed by atoms with van der Waals surface area (Å²) in [6.45, 7) is 1.63. The minimum absolute atomic E-state index is 0.125. The maximum atomic E-state index is 11.7. The minimum atomic E-state index is 0.125. The summed E-state index contributed by atoms with van der Waals surface area (Å²) in [4.78, 5) is 11.7. The Morgan fingerprint density at radius 3 is 3.00 bits per heavy atom. The van der Waals surface area contributed by atoms with Crippen LogP contribution in [0.15, 0.2) is 28.7 Å². The van der Waals surface area contributed by atoms with Crippen LogP contribution in [0.4, 0.5) is 0 Å². The number of benzene rings is 1. The molecule has 4 heteroatoms. The molecule has 1 aliphatic heterocycles. The molecule has 0 radical (unpaired) electrons. The molecule has 1 aromatic carbocycles. The first-order chi connectivity index (χ1) is 8.25. The lowest BCUT2D eigenvalue weighted by Crippen LogP contribution is -2.31. The lowest BCUT2D eigenvalue weighted by Gasteiger charge is -2.11. The van der Waals surface area contributed by atoms with E-state index in [9.17, 15) is 4.79 Å². The molecule has 0 aliphatic carbocycles. The Balaban J connectivity index is 1.77. The van der Waals surface area contributed by atoms with Crippen LogP contribution in [-0.4, -0.2) is 18.5 Å². The molecule has 1 atom stereocenters. The van der Waals surface area contributed by atoms with Gasteiger partial charge in [0.15, 0.2) is 0 Å². The second-order valence-corrected chi connectivity index (χ2v) is 5.22. The van der Waals surface area contributed by atoms with Gasteiger partial charge in [-0.25, -0.2) is 0 Å². The first-order valence-corrected chi connectivity index (χ1v) is 6.78. The van der Waals surface area contributed by atoms with Gasteiger partial charge in [0.05, 0.1) is 0 Å². The van der Waals surface area contributed by atoms with E-state index >= 15 is 0 Å². The Morgan fingerprint density at radius 2 is 2.29 bits per heavy atom. The van der Waals surface area contributed by atoms with Gasteiger partial charge in [-0.2, -0.15) is 0 Å². The molecule has 1 amide bonds. The summed E-state index contributed by atoms with van der Waals surface area (Å²) in [5.74, 6) is 0.125. The molecule has 0 aromatic heterocycles. The summed E-state index contributed by atoms with van der Waals surface area (Å²) in [5.41, 5.74) is 1.11. The van der Waals surface area contributed by atoms with Gasteiger partial charge in [-0.3, -0.25) is 4.79 Å². The summed E-state index contributed by atoms with van der Waals surface area (Å²) >= 11 is 3.47. The number of carbonyl (C=O) groups excluding carboxylic acids is 1. The summed E-state index contributed by atoms with van der Waals surface area (Å²) < 4.78 is 1.04. The predicted octanol–water partition coefficient (Wildman–Crippen LogP) is 2.21. The molecule has 92 valence electrons. The van der Waals surface area contributed by atoms with Gasteiger partial charge >= 0.3 is 0 Å². The summed E-state index contributed by atoms with van der Waals surface area (Å²) in [6, 6.07) is 8.31. The van der Waals surface area contributed by atoms with Gasteiger partial charge in [-0.15, -0.1) is 0 Å². The van der Waals surface area contributed by atoms with Gasteiger partial charge < -0.3 is 10.6 Å². The van der Waals surface area contributed by atoms with Crippen LogP contribution in [0.3, 0.4) is 0 Å². The standard InChI is InChI=1S/C13H17BrN2O/c14-12-6-2-1-4-10(12)9-16-13(17)8-11-5-3-7-15-11/h1-2,4,6,11,15H,3,5,7-9H2,(H,16,17). The van der Waals surface area contributed by atoms with Gasteiger partial charge in [-0.1, -0.05) is 34.1 Å². The second kappa shape index (κ2) is 6.17. The largest absolute Gasteiger partial charge is 0.352 e. The fraction of sp³-hybridized carbons (Fsp3) is 0.462. The molecule has 1 saturated heterocycles. The third-order valence-corrected chi connectivity index (χ3v) is 3.80. The molecule has 0 spiro atoms. The van der Waals surface area contributed by atoms with E-state index < -0.39 is 0 Å². The van der Waals surface area contributed by atoms with Crippen molar-refractivity contribution in [3.63, 3.8) is 0 Å². The maximum absolute atomic E-state index is 11.7. The van der Waals surface area contributed by atoms with Gasteiger partial charge in [-0.05, 0) is 31.0 Å². The van der Waals surface area contributed by atoms with Crippen molar-refractivity contribution >= 4 is 21.8 Å². The van der Waals surface area contributed by atoms with Crippen LogP contribution < -0.4 is 10.6 Å². The SMILES string of the molecule is O=C(CC1CCCN1)NCc1ccccc1Br. The molecule has 3 nitrogen and oxygen atoms in total. The lowest BCUT2D eigenvalue weighted by molar-refractivity contribution is -0.121. The van der Waals surface area contributed by atoms with E-state index in [1.54, 1.807) is 0 Å². The van der Waals surface area contributed by atoms with Crippen LogP contribution in [-0.2, 0) is 11.3 Å². The number of hydrogen-bond donors (Lipinski definition) is 2. The molecular weight excluding hydrogens is 280 g/mol. The normalized spacial score (nSPS) is 19.2. The average Bonchev–Trinajstić information content (AvgIpc) is 2.81. The van der Waals surface area contributed by atoms with Crippen LogP contribution in [0.1, 0.15) is 24.8 Å². The molecule has 1 unspecified atom stereocenters. The highest BCUT2D eigenvalue weighted by Crippen LogP contribution is 2.15. The third kappa shape index (κ3) is 3.82. The number of carbonyl (C=O) groups is 1. The zero-order valence-electron chi connectivity index (χ0n) is 9.71. The summed E-state index contributed by atoms with van der Waals surface area (Å²) in [5, 5.41) is 6.28. The highest BCUT2D eigenvalue weighted by atomic mass is 79.9. The Bertz CT molecular complexity index is 389. The van der Waals surface area contributed by atoms with Gasteiger partial charge in [0, 0.05) is 23.5 Å². The van der Waals surface area contributed by atoms with Crippen molar-refractivity contribution < 1.29 is 4.79 Å². The Labute approximate surface area is 110 Å². The molecule has 2 rings (SSSR count). The second-order valence-electron chi connectivity index (χ2n) is 4.37. The number of nitrogens with one attached hydrogen (secondary N) is 2. The van der Waals surface area contributed by atoms with E-state index in [-0.39, 0.29) is 5.91 Å². The first-order valence-electron chi connectivity index (χ1n) is 5.99. The predicted molar refractivity (Wildman–Crippen MR) is 71.6 cm³/mol.